The summed E-state index contributed by atoms with van der Waals surface area (Å²) in [6.07, 6.45) is 0. The van der Waals surface area contributed by atoms with Gasteiger partial charge in [0.15, 0.2) is 5.16 Å². The van der Waals surface area contributed by atoms with Gasteiger partial charge in [0.2, 0.25) is 0 Å². The van der Waals surface area contributed by atoms with E-state index in [-0.39, 0.29) is 5.56 Å². The topological polar surface area (TPSA) is 60.7 Å². The lowest BCUT2D eigenvalue weighted by Crippen LogP contribution is -2.21. The number of aryl methyl sites for hydroxylation is 2. The van der Waals surface area contributed by atoms with Crippen LogP contribution in [0.3, 0.4) is 0 Å². The van der Waals surface area contributed by atoms with Crippen molar-refractivity contribution in [1.29, 1.82) is 0 Å². The van der Waals surface area contributed by atoms with E-state index in [0.717, 1.165) is 33.7 Å². The minimum absolute atomic E-state index is 0.0710. The molecule has 0 saturated carbocycles. The second-order valence-electron chi connectivity index (χ2n) is 7.42. The molecule has 0 aliphatic rings. The first-order valence-corrected chi connectivity index (χ1v) is 11.0. The summed E-state index contributed by atoms with van der Waals surface area (Å²) in [4.78, 5) is 27.7. The highest BCUT2D eigenvalue weighted by Gasteiger charge is 2.15. The summed E-state index contributed by atoms with van der Waals surface area (Å²) in [7, 11) is 0. The molecule has 0 radical (unpaired) electrons. The molecule has 2 heterocycles. The number of nitrogens with zero attached hydrogens (tertiary/aromatic N) is 4. The normalized spacial score (nSPS) is 11.3. The van der Waals surface area contributed by atoms with Gasteiger partial charge >= 0.3 is 0 Å². The minimum Gasteiger partial charge on any atom is -0.268 e. The highest BCUT2D eigenvalue weighted by molar-refractivity contribution is 7.98. The average Bonchev–Trinajstić information content (AvgIpc) is 2.79. The van der Waals surface area contributed by atoms with E-state index in [0.29, 0.717) is 21.8 Å². The van der Waals surface area contributed by atoms with E-state index in [1.54, 1.807) is 4.57 Å². The Morgan fingerprint density at radius 3 is 2.16 bits per heavy atom. The third kappa shape index (κ3) is 3.70. The summed E-state index contributed by atoms with van der Waals surface area (Å²) in [6.45, 7) is 4.00. The zero-order valence-corrected chi connectivity index (χ0v) is 18.1. The molecule has 2 aromatic heterocycles. The molecule has 5 nitrogen and oxygen atoms in total. The summed E-state index contributed by atoms with van der Waals surface area (Å²) in [5.41, 5.74) is 6.09. The molecular weight excluding hydrogens is 404 g/mol. The lowest BCUT2D eigenvalue weighted by molar-refractivity contribution is 0.818. The molecule has 0 unspecified atom stereocenters. The zero-order chi connectivity index (χ0) is 21.4. The van der Waals surface area contributed by atoms with Gasteiger partial charge in [0, 0.05) is 5.75 Å². The van der Waals surface area contributed by atoms with E-state index in [9.17, 15) is 4.79 Å². The van der Waals surface area contributed by atoms with Crippen molar-refractivity contribution in [2.45, 2.75) is 24.8 Å². The van der Waals surface area contributed by atoms with Crippen LogP contribution in [-0.2, 0) is 5.75 Å². The summed E-state index contributed by atoms with van der Waals surface area (Å²) in [5.74, 6) is 0.570. The van der Waals surface area contributed by atoms with Crippen LogP contribution in [0.15, 0.2) is 82.7 Å². The number of fused-ring (bicyclic) bond motifs is 2. The van der Waals surface area contributed by atoms with Crippen LogP contribution in [0.4, 0.5) is 0 Å². The van der Waals surface area contributed by atoms with Crippen LogP contribution in [0.1, 0.15) is 17.0 Å². The molecule has 0 spiro atoms. The SMILES string of the molecule is Cc1ccc(-n2c(SCc3nc4ccccc4nc3C)nc3ccccc3c2=O)cc1. The molecule has 0 saturated heterocycles. The maximum Gasteiger partial charge on any atom is 0.266 e. The first-order chi connectivity index (χ1) is 15.1. The monoisotopic (exact) mass is 424 g/mol. The van der Waals surface area contributed by atoms with Crippen molar-refractivity contribution >= 4 is 33.7 Å². The molecule has 0 aliphatic heterocycles. The minimum atomic E-state index is -0.0710. The van der Waals surface area contributed by atoms with Gasteiger partial charge in [-0.2, -0.15) is 0 Å². The fraction of sp³-hybridized carbons (Fsp3) is 0.120. The Balaban J connectivity index is 1.61. The van der Waals surface area contributed by atoms with Crippen LogP contribution in [0, 0.1) is 13.8 Å². The Bertz CT molecular complexity index is 1480. The van der Waals surface area contributed by atoms with Gasteiger partial charge in [-0.3, -0.25) is 9.36 Å². The number of hydrogen-bond donors (Lipinski definition) is 0. The van der Waals surface area contributed by atoms with Gasteiger partial charge in [-0.15, -0.1) is 0 Å². The molecule has 5 rings (SSSR count). The van der Waals surface area contributed by atoms with Crippen molar-refractivity contribution in [3.8, 4) is 5.69 Å². The molecule has 152 valence electrons. The summed E-state index contributed by atoms with van der Waals surface area (Å²) >= 11 is 1.50. The van der Waals surface area contributed by atoms with Gasteiger partial charge in [0.25, 0.3) is 5.56 Å². The Hall–Kier alpha value is -3.51. The standard InChI is InChI=1S/C25H20N4OS/c1-16-11-13-18(14-12-16)29-24(30)19-7-3-4-8-20(19)28-25(29)31-15-23-17(2)26-21-9-5-6-10-22(21)27-23/h3-14H,15H2,1-2H3. The first kappa shape index (κ1) is 19.5. The molecular formula is C25H20N4OS. The van der Waals surface area contributed by atoms with Crippen molar-refractivity contribution in [2.24, 2.45) is 0 Å². The number of thioether (sulfide) groups is 1. The second kappa shape index (κ2) is 7.96. The molecule has 0 N–H and O–H groups in total. The van der Waals surface area contributed by atoms with Gasteiger partial charge in [0.05, 0.1) is 39.0 Å². The lowest BCUT2D eigenvalue weighted by Gasteiger charge is -2.14. The Kier molecular flexibility index (Phi) is 5.00. The molecule has 3 aromatic carbocycles. The largest absolute Gasteiger partial charge is 0.268 e. The van der Waals surface area contributed by atoms with E-state index < -0.39 is 0 Å². The number of benzene rings is 3. The highest BCUT2D eigenvalue weighted by atomic mass is 32.2. The van der Waals surface area contributed by atoms with Crippen LogP contribution in [0.25, 0.3) is 27.6 Å². The van der Waals surface area contributed by atoms with Crippen LogP contribution in [-0.4, -0.2) is 19.5 Å². The molecule has 0 fully saturated rings. The smallest absolute Gasteiger partial charge is 0.266 e. The van der Waals surface area contributed by atoms with Crippen LogP contribution >= 0.6 is 11.8 Å². The van der Waals surface area contributed by atoms with E-state index in [1.165, 1.54) is 11.8 Å². The molecule has 31 heavy (non-hydrogen) atoms. The quantitative estimate of drug-likeness (QED) is 0.292. The number of aromatic nitrogens is 4. The lowest BCUT2D eigenvalue weighted by atomic mass is 10.2. The van der Waals surface area contributed by atoms with Gasteiger partial charge < -0.3 is 0 Å². The third-order valence-corrected chi connectivity index (χ3v) is 6.17. The van der Waals surface area contributed by atoms with Crippen molar-refractivity contribution < 1.29 is 0 Å². The van der Waals surface area contributed by atoms with E-state index in [4.69, 9.17) is 9.97 Å². The average molecular weight is 425 g/mol. The fourth-order valence-electron chi connectivity index (χ4n) is 3.53. The summed E-state index contributed by atoms with van der Waals surface area (Å²) in [6, 6.07) is 23.2. The second-order valence-corrected chi connectivity index (χ2v) is 8.36. The maximum absolute atomic E-state index is 13.4. The third-order valence-electron chi connectivity index (χ3n) is 5.22. The number of rotatable bonds is 4. The maximum atomic E-state index is 13.4. The van der Waals surface area contributed by atoms with Gasteiger partial charge in [-0.05, 0) is 50.2 Å². The fourth-order valence-corrected chi connectivity index (χ4v) is 4.54. The molecule has 0 bridgehead atoms. The molecule has 6 heteroatoms. The first-order valence-electron chi connectivity index (χ1n) is 10.0. The van der Waals surface area contributed by atoms with Crippen LogP contribution in [0.2, 0.25) is 0 Å². The number of para-hydroxylation sites is 3. The van der Waals surface area contributed by atoms with E-state index in [1.807, 2.05) is 86.6 Å². The Morgan fingerprint density at radius 1 is 0.774 bits per heavy atom. The van der Waals surface area contributed by atoms with Crippen LogP contribution < -0.4 is 5.56 Å². The van der Waals surface area contributed by atoms with Crippen molar-refractivity contribution in [2.75, 3.05) is 0 Å². The summed E-state index contributed by atoms with van der Waals surface area (Å²) < 4.78 is 1.69. The van der Waals surface area contributed by atoms with Gasteiger partial charge in [-0.25, -0.2) is 15.0 Å². The molecule has 0 amide bonds. The number of hydrogen-bond acceptors (Lipinski definition) is 5. The summed E-state index contributed by atoms with van der Waals surface area (Å²) in [5, 5.41) is 1.25. The highest BCUT2D eigenvalue weighted by Crippen LogP contribution is 2.26. The Labute approximate surface area is 183 Å². The predicted molar refractivity (Wildman–Crippen MR) is 126 cm³/mol. The van der Waals surface area contributed by atoms with Crippen molar-refractivity contribution in [3.05, 3.63) is 100 Å². The van der Waals surface area contributed by atoms with Crippen molar-refractivity contribution in [3.63, 3.8) is 0 Å². The van der Waals surface area contributed by atoms with Crippen LogP contribution in [0.5, 0.6) is 0 Å². The predicted octanol–water partition coefficient (Wildman–Crippen LogP) is 5.24. The molecule has 0 aliphatic carbocycles. The zero-order valence-electron chi connectivity index (χ0n) is 17.2. The van der Waals surface area contributed by atoms with Crippen molar-refractivity contribution in [1.82, 2.24) is 19.5 Å². The Morgan fingerprint density at radius 2 is 1.42 bits per heavy atom. The molecule has 0 atom stereocenters. The van der Waals surface area contributed by atoms with Gasteiger partial charge in [-0.1, -0.05) is 53.7 Å². The van der Waals surface area contributed by atoms with Gasteiger partial charge in [0.1, 0.15) is 0 Å². The van der Waals surface area contributed by atoms with E-state index >= 15 is 0 Å². The molecule has 5 aromatic rings. The van der Waals surface area contributed by atoms with E-state index in [2.05, 4.69) is 4.98 Å².